The minimum Gasteiger partial charge on any atom is -0.296 e. The normalized spacial score (nSPS) is 14.6. The molecule has 5 heteroatoms. The number of nitrogens with zero attached hydrogens (tertiary/aromatic N) is 3. The molecule has 1 aliphatic carbocycles. The van der Waals surface area contributed by atoms with Crippen molar-refractivity contribution in [3.63, 3.8) is 0 Å². The molecule has 0 spiro atoms. The maximum Gasteiger partial charge on any atom is 0.255 e. The highest BCUT2D eigenvalue weighted by atomic mass is 35.5. The van der Waals surface area contributed by atoms with E-state index in [1.165, 1.54) is 6.07 Å². The van der Waals surface area contributed by atoms with E-state index in [9.17, 15) is 4.79 Å². The Bertz CT molecular complexity index is 635. The van der Waals surface area contributed by atoms with Gasteiger partial charge in [-0.25, -0.2) is 4.98 Å². The third-order valence-electron chi connectivity index (χ3n) is 3.27. The van der Waals surface area contributed by atoms with Gasteiger partial charge in [0.2, 0.25) is 0 Å². The molecule has 1 fully saturated rings. The number of aryl methyl sites for hydroxylation is 1. The number of pyridine rings is 1. The van der Waals surface area contributed by atoms with Crippen LogP contribution in [0.1, 0.15) is 30.3 Å². The maximum atomic E-state index is 12.0. The van der Waals surface area contributed by atoms with E-state index in [1.54, 1.807) is 10.8 Å². The van der Waals surface area contributed by atoms with Crippen LogP contribution in [0.3, 0.4) is 0 Å². The van der Waals surface area contributed by atoms with Crippen LogP contribution in [0.15, 0.2) is 35.3 Å². The Morgan fingerprint density at radius 1 is 1.37 bits per heavy atom. The molecule has 0 atom stereocenters. The zero-order valence-electron chi connectivity index (χ0n) is 10.4. The summed E-state index contributed by atoms with van der Waals surface area (Å²) in [7, 11) is 0. The Morgan fingerprint density at radius 2 is 2.21 bits per heavy atom. The van der Waals surface area contributed by atoms with Gasteiger partial charge in [-0.3, -0.25) is 14.3 Å². The Morgan fingerprint density at radius 3 is 2.89 bits per heavy atom. The van der Waals surface area contributed by atoms with Crippen molar-refractivity contribution in [3.05, 3.63) is 57.5 Å². The summed E-state index contributed by atoms with van der Waals surface area (Å²) in [4.78, 5) is 20.6. The number of rotatable bonds is 4. The molecule has 1 saturated carbocycles. The highest BCUT2D eigenvalue weighted by Crippen LogP contribution is 2.38. The van der Waals surface area contributed by atoms with Gasteiger partial charge in [-0.2, -0.15) is 0 Å². The molecular formula is C14H14ClN3O. The van der Waals surface area contributed by atoms with E-state index in [0.29, 0.717) is 17.6 Å². The fraction of sp³-hybridized carbons (Fsp3) is 0.357. The molecule has 0 amide bonds. The summed E-state index contributed by atoms with van der Waals surface area (Å²) in [6.45, 7) is 0.603. The Kier molecular flexibility index (Phi) is 3.34. The maximum absolute atomic E-state index is 12.0. The largest absolute Gasteiger partial charge is 0.296 e. The van der Waals surface area contributed by atoms with Gasteiger partial charge in [0.25, 0.3) is 5.56 Å². The Balaban J connectivity index is 1.86. The first-order valence-corrected chi connectivity index (χ1v) is 6.79. The van der Waals surface area contributed by atoms with Crippen LogP contribution in [0.2, 0.25) is 5.15 Å². The molecule has 0 bridgehead atoms. The van der Waals surface area contributed by atoms with Gasteiger partial charge in [0.15, 0.2) is 0 Å². The van der Waals surface area contributed by atoms with Crippen LogP contribution in [0.5, 0.6) is 0 Å². The molecular weight excluding hydrogens is 262 g/mol. The molecule has 1 aliphatic rings. The first-order valence-electron chi connectivity index (χ1n) is 6.41. The quantitative estimate of drug-likeness (QED) is 0.805. The average molecular weight is 276 g/mol. The van der Waals surface area contributed by atoms with Crippen LogP contribution >= 0.6 is 11.6 Å². The first kappa shape index (κ1) is 12.4. The van der Waals surface area contributed by atoms with Crippen molar-refractivity contribution in [1.29, 1.82) is 0 Å². The Hall–Kier alpha value is -1.68. The number of hydrogen-bond acceptors (Lipinski definition) is 3. The van der Waals surface area contributed by atoms with Crippen LogP contribution in [0.25, 0.3) is 0 Å². The fourth-order valence-electron chi connectivity index (χ4n) is 2.15. The molecule has 0 aromatic carbocycles. The second-order valence-electron chi connectivity index (χ2n) is 4.77. The van der Waals surface area contributed by atoms with E-state index in [0.717, 1.165) is 30.8 Å². The van der Waals surface area contributed by atoms with Gasteiger partial charge in [0, 0.05) is 36.8 Å². The van der Waals surface area contributed by atoms with Crippen molar-refractivity contribution in [1.82, 2.24) is 14.5 Å². The molecule has 0 saturated heterocycles. The molecule has 0 N–H and O–H groups in total. The van der Waals surface area contributed by atoms with Gasteiger partial charge in [-0.15, -0.1) is 0 Å². The molecule has 0 radical (unpaired) electrons. The highest BCUT2D eigenvalue weighted by molar-refractivity contribution is 6.29. The van der Waals surface area contributed by atoms with Crippen molar-refractivity contribution < 1.29 is 0 Å². The van der Waals surface area contributed by atoms with Crippen molar-refractivity contribution in [2.24, 2.45) is 0 Å². The summed E-state index contributed by atoms with van der Waals surface area (Å²) in [5, 5.41) is 0.293. The number of aromatic nitrogens is 3. The second kappa shape index (κ2) is 5.13. The molecule has 0 unspecified atom stereocenters. The average Bonchev–Trinajstić information content (AvgIpc) is 3.22. The van der Waals surface area contributed by atoms with Crippen molar-refractivity contribution in [3.8, 4) is 0 Å². The van der Waals surface area contributed by atoms with Crippen LogP contribution < -0.4 is 5.56 Å². The lowest BCUT2D eigenvalue weighted by atomic mass is 10.2. The second-order valence-corrected chi connectivity index (χ2v) is 5.16. The summed E-state index contributed by atoms with van der Waals surface area (Å²) < 4.78 is 1.73. The van der Waals surface area contributed by atoms with Gasteiger partial charge in [0.1, 0.15) is 11.0 Å². The summed E-state index contributed by atoms with van der Waals surface area (Å²) in [6.07, 6.45) is 4.68. The van der Waals surface area contributed by atoms with Gasteiger partial charge in [0.05, 0.1) is 0 Å². The van der Waals surface area contributed by atoms with E-state index >= 15 is 0 Å². The van der Waals surface area contributed by atoms with Crippen molar-refractivity contribution >= 4 is 11.6 Å². The van der Waals surface area contributed by atoms with Crippen LogP contribution in [-0.2, 0) is 13.0 Å². The number of halogens is 1. The van der Waals surface area contributed by atoms with Gasteiger partial charge < -0.3 is 0 Å². The SMILES string of the molecule is O=c1cc(Cl)nc(C2CC2)n1CCc1ccccn1. The van der Waals surface area contributed by atoms with E-state index in [2.05, 4.69) is 9.97 Å². The van der Waals surface area contributed by atoms with Gasteiger partial charge in [-0.05, 0) is 25.0 Å². The lowest BCUT2D eigenvalue weighted by Gasteiger charge is -2.11. The van der Waals surface area contributed by atoms with E-state index < -0.39 is 0 Å². The van der Waals surface area contributed by atoms with Crippen LogP contribution in [-0.4, -0.2) is 14.5 Å². The minimum atomic E-state index is -0.0715. The van der Waals surface area contributed by atoms with E-state index in [1.807, 2.05) is 18.2 Å². The molecule has 2 heterocycles. The lowest BCUT2D eigenvalue weighted by molar-refractivity contribution is 0.604. The molecule has 2 aromatic heterocycles. The van der Waals surface area contributed by atoms with Crippen molar-refractivity contribution in [2.45, 2.75) is 31.7 Å². The molecule has 19 heavy (non-hydrogen) atoms. The third kappa shape index (κ3) is 2.84. The summed E-state index contributed by atoms with van der Waals surface area (Å²) >= 11 is 5.87. The van der Waals surface area contributed by atoms with E-state index in [-0.39, 0.29) is 5.56 Å². The lowest BCUT2D eigenvalue weighted by Crippen LogP contribution is -2.25. The summed E-state index contributed by atoms with van der Waals surface area (Å²) in [5.74, 6) is 1.23. The zero-order valence-corrected chi connectivity index (χ0v) is 11.2. The fourth-order valence-corrected chi connectivity index (χ4v) is 2.33. The predicted molar refractivity (Wildman–Crippen MR) is 73.4 cm³/mol. The molecule has 98 valence electrons. The minimum absolute atomic E-state index is 0.0715. The molecule has 4 nitrogen and oxygen atoms in total. The van der Waals surface area contributed by atoms with Crippen LogP contribution in [0.4, 0.5) is 0 Å². The summed E-state index contributed by atoms with van der Waals surface area (Å²) in [6, 6.07) is 7.18. The van der Waals surface area contributed by atoms with Gasteiger partial charge in [-0.1, -0.05) is 17.7 Å². The predicted octanol–water partition coefficient (Wildman–Crippen LogP) is 2.41. The standard InChI is InChI=1S/C14H14ClN3O/c15-12-9-13(19)18(14(17-12)10-4-5-10)8-6-11-3-1-2-7-16-11/h1-3,7,9-10H,4-6,8H2. The van der Waals surface area contributed by atoms with E-state index in [4.69, 9.17) is 11.6 Å². The topological polar surface area (TPSA) is 47.8 Å². The molecule has 0 aliphatic heterocycles. The highest BCUT2D eigenvalue weighted by Gasteiger charge is 2.28. The molecule has 2 aromatic rings. The molecule has 3 rings (SSSR count). The first-order chi connectivity index (χ1) is 9.24. The smallest absolute Gasteiger partial charge is 0.255 e. The number of hydrogen-bond donors (Lipinski definition) is 0. The summed E-state index contributed by atoms with van der Waals surface area (Å²) in [5.41, 5.74) is 0.906. The zero-order chi connectivity index (χ0) is 13.2. The van der Waals surface area contributed by atoms with Crippen molar-refractivity contribution in [2.75, 3.05) is 0 Å². The monoisotopic (exact) mass is 275 g/mol. The van der Waals surface area contributed by atoms with Gasteiger partial charge >= 0.3 is 0 Å². The third-order valence-corrected chi connectivity index (χ3v) is 3.46. The Labute approximate surface area is 116 Å². The van der Waals surface area contributed by atoms with Crippen LogP contribution in [0, 0.1) is 0 Å².